The molecule has 0 amide bonds. The van der Waals surface area contributed by atoms with Crippen LogP contribution in [-0.2, 0) is 0 Å². The van der Waals surface area contributed by atoms with E-state index < -0.39 is 6.10 Å². The number of nitrogens with one attached hydrogen (secondary N) is 1. The summed E-state index contributed by atoms with van der Waals surface area (Å²) in [6.45, 7) is 4.14. The van der Waals surface area contributed by atoms with Crippen molar-refractivity contribution in [3.63, 3.8) is 0 Å². The van der Waals surface area contributed by atoms with Crippen molar-refractivity contribution < 1.29 is 9.52 Å². The summed E-state index contributed by atoms with van der Waals surface area (Å²) in [5.74, 6) is 0.924. The van der Waals surface area contributed by atoms with Gasteiger partial charge in [-0.25, -0.2) is 0 Å². The molecule has 4 heteroatoms. The Balaban J connectivity index is 1.83. The van der Waals surface area contributed by atoms with Crippen LogP contribution < -0.4 is 5.32 Å². The lowest BCUT2D eigenvalue weighted by Gasteiger charge is -2.20. The van der Waals surface area contributed by atoms with Crippen LogP contribution in [-0.4, -0.2) is 11.1 Å². The van der Waals surface area contributed by atoms with Gasteiger partial charge in [0.1, 0.15) is 5.76 Å². The maximum atomic E-state index is 10.1. The smallest absolute Gasteiger partial charge is 0.120 e. The van der Waals surface area contributed by atoms with Gasteiger partial charge in [-0.05, 0) is 43.8 Å². The lowest BCUT2D eigenvalue weighted by molar-refractivity contribution is 0.154. The second-order valence-corrected chi connectivity index (χ2v) is 5.55. The van der Waals surface area contributed by atoms with Crippen molar-refractivity contribution >= 4 is 11.3 Å². The van der Waals surface area contributed by atoms with Gasteiger partial charge in [-0.3, -0.25) is 0 Å². The number of hydrogen-bond donors (Lipinski definition) is 2. The second-order valence-electron chi connectivity index (χ2n) is 4.57. The zero-order valence-corrected chi connectivity index (χ0v) is 11.5. The first-order valence-electron chi connectivity index (χ1n) is 6.17. The molecule has 3 atom stereocenters. The first-order chi connectivity index (χ1) is 8.66. The molecule has 0 saturated heterocycles. The van der Waals surface area contributed by atoms with Crippen LogP contribution in [0.15, 0.2) is 40.3 Å². The SMILES string of the molecule is CC(CC(O)c1cccs1)NC(C)c1ccco1. The Bertz CT molecular complexity index is 396. The molecule has 2 heterocycles. The molecule has 0 bridgehead atoms. The van der Waals surface area contributed by atoms with E-state index in [1.165, 1.54) is 0 Å². The van der Waals surface area contributed by atoms with Crippen molar-refractivity contribution in [2.75, 3.05) is 0 Å². The third-order valence-corrected chi connectivity index (χ3v) is 3.93. The van der Waals surface area contributed by atoms with E-state index in [0.717, 1.165) is 10.6 Å². The molecular weight excluding hydrogens is 246 g/mol. The molecule has 0 fully saturated rings. The molecule has 0 aromatic carbocycles. The Kier molecular flexibility index (Phi) is 4.58. The molecular formula is C14H19NO2S. The van der Waals surface area contributed by atoms with Crippen LogP contribution in [0.25, 0.3) is 0 Å². The van der Waals surface area contributed by atoms with Gasteiger partial charge in [-0.1, -0.05) is 6.07 Å². The molecule has 2 rings (SSSR count). The van der Waals surface area contributed by atoms with Crippen LogP contribution in [0.2, 0.25) is 0 Å². The van der Waals surface area contributed by atoms with Gasteiger partial charge in [0.15, 0.2) is 0 Å². The summed E-state index contributed by atoms with van der Waals surface area (Å²) < 4.78 is 5.35. The first-order valence-corrected chi connectivity index (χ1v) is 7.05. The summed E-state index contributed by atoms with van der Waals surface area (Å²) in [6, 6.07) is 8.16. The molecule has 3 unspecified atom stereocenters. The molecule has 0 aliphatic rings. The molecule has 2 aromatic heterocycles. The quantitative estimate of drug-likeness (QED) is 0.840. The number of furan rings is 1. The Morgan fingerprint density at radius 1 is 1.33 bits per heavy atom. The monoisotopic (exact) mass is 265 g/mol. The van der Waals surface area contributed by atoms with Crippen molar-refractivity contribution in [2.24, 2.45) is 0 Å². The molecule has 0 aliphatic carbocycles. The summed E-state index contributed by atoms with van der Waals surface area (Å²) in [5, 5.41) is 15.5. The Morgan fingerprint density at radius 2 is 2.17 bits per heavy atom. The van der Waals surface area contributed by atoms with Crippen molar-refractivity contribution in [1.29, 1.82) is 0 Å². The maximum absolute atomic E-state index is 10.1. The van der Waals surface area contributed by atoms with Crippen LogP contribution in [0, 0.1) is 0 Å². The van der Waals surface area contributed by atoms with E-state index in [1.54, 1.807) is 17.6 Å². The number of aliphatic hydroxyl groups excluding tert-OH is 1. The van der Waals surface area contributed by atoms with Crippen LogP contribution in [0.4, 0.5) is 0 Å². The number of thiophene rings is 1. The number of rotatable bonds is 6. The third-order valence-electron chi connectivity index (χ3n) is 2.95. The van der Waals surface area contributed by atoms with Crippen LogP contribution in [0.1, 0.15) is 43.1 Å². The summed E-state index contributed by atoms with van der Waals surface area (Å²) >= 11 is 1.59. The molecule has 2 aromatic rings. The van der Waals surface area contributed by atoms with Crippen molar-refractivity contribution in [2.45, 2.75) is 38.5 Å². The van der Waals surface area contributed by atoms with E-state index in [1.807, 2.05) is 29.6 Å². The van der Waals surface area contributed by atoms with Gasteiger partial charge in [0.2, 0.25) is 0 Å². The summed E-state index contributed by atoms with van der Waals surface area (Å²) in [7, 11) is 0. The van der Waals surface area contributed by atoms with Gasteiger partial charge in [-0.15, -0.1) is 11.3 Å². The predicted molar refractivity (Wildman–Crippen MR) is 73.6 cm³/mol. The normalized spacial score (nSPS) is 16.4. The van der Waals surface area contributed by atoms with E-state index in [0.29, 0.717) is 6.42 Å². The Morgan fingerprint density at radius 3 is 2.78 bits per heavy atom. The topological polar surface area (TPSA) is 45.4 Å². The highest BCUT2D eigenvalue weighted by Crippen LogP contribution is 2.24. The van der Waals surface area contributed by atoms with E-state index in [-0.39, 0.29) is 12.1 Å². The Hall–Kier alpha value is -1.10. The second kappa shape index (κ2) is 6.18. The minimum atomic E-state index is -0.392. The van der Waals surface area contributed by atoms with Gasteiger partial charge in [-0.2, -0.15) is 0 Å². The fourth-order valence-corrected chi connectivity index (χ4v) is 2.77. The minimum absolute atomic E-state index is 0.158. The zero-order chi connectivity index (χ0) is 13.0. The van der Waals surface area contributed by atoms with Gasteiger partial charge in [0.05, 0.1) is 18.4 Å². The van der Waals surface area contributed by atoms with Crippen LogP contribution in [0.3, 0.4) is 0 Å². The lowest BCUT2D eigenvalue weighted by atomic mass is 10.1. The van der Waals surface area contributed by atoms with Crippen molar-refractivity contribution in [3.05, 3.63) is 46.5 Å². The van der Waals surface area contributed by atoms with Crippen molar-refractivity contribution in [1.82, 2.24) is 5.32 Å². The zero-order valence-electron chi connectivity index (χ0n) is 10.7. The first kappa shape index (κ1) is 13.3. The average molecular weight is 265 g/mol. The molecule has 18 heavy (non-hydrogen) atoms. The van der Waals surface area contributed by atoms with Crippen molar-refractivity contribution in [3.8, 4) is 0 Å². The highest BCUT2D eigenvalue weighted by molar-refractivity contribution is 7.10. The molecule has 2 N–H and O–H groups in total. The number of hydrogen-bond acceptors (Lipinski definition) is 4. The molecule has 3 nitrogen and oxygen atoms in total. The third kappa shape index (κ3) is 3.45. The van der Waals surface area contributed by atoms with Crippen LogP contribution >= 0.6 is 11.3 Å². The largest absolute Gasteiger partial charge is 0.468 e. The minimum Gasteiger partial charge on any atom is -0.468 e. The average Bonchev–Trinajstić information content (AvgIpc) is 3.02. The summed E-state index contributed by atoms with van der Waals surface area (Å²) in [4.78, 5) is 1.02. The fraction of sp³-hybridized carbons (Fsp3) is 0.429. The molecule has 98 valence electrons. The molecule has 0 spiro atoms. The van der Waals surface area contributed by atoms with Crippen LogP contribution in [0.5, 0.6) is 0 Å². The summed E-state index contributed by atoms with van der Waals surface area (Å²) in [5.41, 5.74) is 0. The van der Waals surface area contributed by atoms with E-state index in [4.69, 9.17) is 4.42 Å². The van der Waals surface area contributed by atoms with E-state index in [2.05, 4.69) is 19.2 Å². The van der Waals surface area contributed by atoms with Gasteiger partial charge < -0.3 is 14.8 Å². The van der Waals surface area contributed by atoms with E-state index in [9.17, 15) is 5.11 Å². The lowest BCUT2D eigenvalue weighted by Crippen LogP contribution is -2.30. The Labute approximate surface area is 111 Å². The van der Waals surface area contributed by atoms with Gasteiger partial charge >= 0.3 is 0 Å². The highest BCUT2D eigenvalue weighted by Gasteiger charge is 2.16. The predicted octanol–water partition coefficient (Wildman–Crippen LogP) is 3.50. The molecule has 0 aliphatic heterocycles. The van der Waals surface area contributed by atoms with Gasteiger partial charge in [0, 0.05) is 10.9 Å². The standard InChI is InChI=1S/C14H19NO2S/c1-10(9-12(16)14-6-4-8-18-14)15-11(2)13-5-3-7-17-13/h3-8,10-12,15-16H,9H2,1-2H3. The van der Waals surface area contributed by atoms with Gasteiger partial charge in [0.25, 0.3) is 0 Å². The van der Waals surface area contributed by atoms with E-state index >= 15 is 0 Å². The maximum Gasteiger partial charge on any atom is 0.120 e. The molecule has 0 radical (unpaired) electrons. The highest BCUT2D eigenvalue weighted by atomic mass is 32.1. The molecule has 0 saturated carbocycles. The summed E-state index contributed by atoms with van der Waals surface area (Å²) in [6.07, 6.45) is 1.99. The fourth-order valence-electron chi connectivity index (χ4n) is 2.05. The number of aliphatic hydroxyl groups is 1.